The number of hydrogen-bond donors (Lipinski definition) is 0. The van der Waals surface area contributed by atoms with E-state index < -0.39 is 0 Å². The van der Waals surface area contributed by atoms with E-state index >= 15 is 0 Å². The van der Waals surface area contributed by atoms with E-state index in [9.17, 15) is 0 Å². The van der Waals surface area contributed by atoms with Gasteiger partial charge in [0.1, 0.15) is 5.52 Å². The molecule has 3 nitrogen and oxygen atoms in total. The number of hydrogen-bond acceptors (Lipinski definition) is 1. The molecule has 1 aromatic carbocycles. The summed E-state index contributed by atoms with van der Waals surface area (Å²) in [6.45, 7) is 13.4. The lowest BCUT2D eigenvalue weighted by atomic mass is 9.83. The molecule has 0 radical (unpaired) electrons. The quantitative estimate of drug-likeness (QED) is 0.338. The van der Waals surface area contributed by atoms with Gasteiger partial charge >= 0.3 is 0 Å². The molecular formula is C22H26N3+. The van der Waals surface area contributed by atoms with Gasteiger partial charge in [-0.25, -0.2) is 4.98 Å². The zero-order valence-electron chi connectivity index (χ0n) is 16.2. The largest absolute Gasteiger partial charge is 0.265 e. The first-order valence-electron chi connectivity index (χ1n) is 8.92. The molecule has 0 aliphatic rings. The fourth-order valence-corrected chi connectivity index (χ4v) is 4.08. The standard InChI is InChI=1S/C22H26N3/c1-13-11-12-23-19-18-16(9-8-10-17(18)22(4,5)6)21-14(2)15(3)24(7)25(21)20(13)19/h8-12H,1-7H3/q+1. The van der Waals surface area contributed by atoms with Gasteiger partial charge < -0.3 is 0 Å². The summed E-state index contributed by atoms with van der Waals surface area (Å²) in [4.78, 5) is 4.84. The van der Waals surface area contributed by atoms with E-state index in [-0.39, 0.29) is 5.41 Å². The zero-order chi connectivity index (χ0) is 18.1. The molecule has 0 unspecified atom stereocenters. The molecule has 0 aliphatic heterocycles. The molecule has 0 bridgehead atoms. The van der Waals surface area contributed by atoms with Crippen molar-refractivity contribution in [2.75, 3.05) is 0 Å². The van der Waals surface area contributed by atoms with E-state index in [4.69, 9.17) is 4.98 Å². The molecular weight excluding hydrogens is 306 g/mol. The Labute approximate surface area is 148 Å². The molecule has 4 aromatic rings. The number of benzene rings is 1. The van der Waals surface area contributed by atoms with Gasteiger partial charge in [0.15, 0.2) is 0 Å². The highest BCUT2D eigenvalue weighted by atomic mass is 15.4. The summed E-state index contributed by atoms with van der Waals surface area (Å²) in [5.41, 5.74) is 8.90. The molecule has 0 spiro atoms. The Hall–Kier alpha value is -2.42. The smallest absolute Gasteiger partial charge is 0.249 e. The lowest BCUT2D eigenvalue weighted by Crippen LogP contribution is -2.33. The molecule has 0 amide bonds. The third-order valence-electron chi connectivity index (χ3n) is 5.60. The predicted molar refractivity (Wildman–Crippen MR) is 104 cm³/mol. The highest BCUT2D eigenvalue weighted by molar-refractivity contribution is 6.11. The van der Waals surface area contributed by atoms with Gasteiger partial charge in [-0.1, -0.05) is 37.4 Å². The van der Waals surface area contributed by atoms with Crippen LogP contribution in [0.4, 0.5) is 0 Å². The van der Waals surface area contributed by atoms with Gasteiger partial charge in [0.25, 0.3) is 5.52 Å². The molecule has 3 aromatic heterocycles. The van der Waals surface area contributed by atoms with Crippen LogP contribution in [0.2, 0.25) is 0 Å². The second-order valence-electron chi connectivity index (χ2n) is 8.20. The van der Waals surface area contributed by atoms with Gasteiger partial charge in [-0.2, -0.15) is 4.68 Å². The van der Waals surface area contributed by atoms with Crippen molar-refractivity contribution in [3.63, 3.8) is 0 Å². The maximum atomic E-state index is 4.84. The first-order chi connectivity index (χ1) is 11.7. The average molecular weight is 332 g/mol. The Morgan fingerprint density at radius 2 is 1.72 bits per heavy atom. The number of fused-ring (bicyclic) bond motifs is 6. The summed E-state index contributed by atoms with van der Waals surface area (Å²) >= 11 is 0. The van der Waals surface area contributed by atoms with Crippen molar-refractivity contribution >= 4 is 27.3 Å². The summed E-state index contributed by atoms with van der Waals surface area (Å²) in [5.74, 6) is 0. The number of pyridine rings is 2. The first kappa shape index (κ1) is 16.1. The monoisotopic (exact) mass is 332 g/mol. The molecule has 128 valence electrons. The van der Waals surface area contributed by atoms with Crippen molar-refractivity contribution in [3.05, 3.63) is 52.8 Å². The number of aromatic nitrogens is 3. The van der Waals surface area contributed by atoms with Crippen LogP contribution in [0.15, 0.2) is 30.5 Å². The highest BCUT2D eigenvalue weighted by Crippen LogP contribution is 2.36. The highest BCUT2D eigenvalue weighted by Gasteiger charge is 2.29. The summed E-state index contributed by atoms with van der Waals surface area (Å²) in [5, 5.41) is 2.58. The van der Waals surface area contributed by atoms with Crippen LogP contribution in [-0.4, -0.2) is 9.67 Å². The van der Waals surface area contributed by atoms with Crippen molar-refractivity contribution in [1.82, 2.24) is 9.67 Å². The van der Waals surface area contributed by atoms with E-state index in [0.717, 1.165) is 5.52 Å². The summed E-state index contributed by atoms with van der Waals surface area (Å²) in [7, 11) is 2.14. The van der Waals surface area contributed by atoms with Gasteiger partial charge in [0.2, 0.25) is 5.52 Å². The molecule has 0 atom stereocenters. The Kier molecular flexibility index (Phi) is 3.24. The minimum absolute atomic E-state index is 0.0634. The van der Waals surface area contributed by atoms with E-state index in [1.165, 1.54) is 44.2 Å². The van der Waals surface area contributed by atoms with Gasteiger partial charge in [-0.3, -0.25) is 0 Å². The zero-order valence-corrected chi connectivity index (χ0v) is 16.2. The normalized spacial score (nSPS) is 12.6. The molecule has 3 heteroatoms. The second-order valence-corrected chi connectivity index (χ2v) is 8.20. The number of nitrogens with zero attached hydrogens (tertiary/aromatic N) is 3. The Balaban J connectivity index is 2.47. The lowest BCUT2D eigenvalue weighted by Gasteiger charge is -2.21. The first-order valence-corrected chi connectivity index (χ1v) is 8.92. The summed E-state index contributed by atoms with van der Waals surface area (Å²) in [6.07, 6.45) is 1.94. The Morgan fingerprint density at radius 1 is 1.00 bits per heavy atom. The molecule has 0 N–H and O–H groups in total. The third kappa shape index (κ3) is 2.05. The van der Waals surface area contributed by atoms with E-state index in [1.54, 1.807) is 0 Å². The minimum Gasteiger partial charge on any atom is -0.249 e. The molecule has 0 saturated carbocycles. The molecule has 0 fully saturated rings. The predicted octanol–water partition coefficient (Wildman–Crippen LogP) is 4.69. The molecule has 4 rings (SSSR count). The van der Waals surface area contributed by atoms with Crippen LogP contribution in [0.1, 0.15) is 43.2 Å². The molecule has 0 saturated heterocycles. The molecule has 0 aliphatic carbocycles. The van der Waals surface area contributed by atoms with Crippen LogP contribution in [-0.2, 0) is 12.5 Å². The van der Waals surface area contributed by atoms with Crippen molar-refractivity contribution < 1.29 is 4.52 Å². The summed E-state index contributed by atoms with van der Waals surface area (Å²) < 4.78 is 4.60. The fourth-order valence-electron chi connectivity index (χ4n) is 4.08. The van der Waals surface area contributed by atoms with Crippen LogP contribution in [0.5, 0.6) is 0 Å². The van der Waals surface area contributed by atoms with Crippen LogP contribution >= 0.6 is 0 Å². The van der Waals surface area contributed by atoms with Crippen LogP contribution in [0.25, 0.3) is 27.3 Å². The van der Waals surface area contributed by atoms with Gasteiger partial charge in [-0.15, -0.1) is 0 Å². The van der Waals surface area contributed by atoms with Gasteiger partial charge in [0.05, 0.1) is 18.1 Å². The maximum absolute atomic E-state index is 4.84. The van der Waals surface area contributed by atoms with E-state index in [0.29, 0.717) is 0 Å². The van der Waals surface area contributed by atoms with Crippen molar-refractivity contribution in [2.45, 2.75) is 47.0 Å². The second kappa shape index (κ2) is 5.04. The van der Waals surface area contributed by atoms with E-state index in [1.807, 2.05) is 6.20 Å². The Morgan fingerprint density at radius 3 is 2.40 bits per heavy atom. The van der Waals surface area contributed by atoms with Crippen molar-refractivity contribution in [2.24, 2.45) is 7.05 Å². The van der Waals surface area contributed by atoms with Crippen LogP contribution < -0.4 is 4.52 Å². The number of rotatable bonds is 0. The maximum Gasteiger partial charge on any atom is 0.265 e. The van der Waals surface area contributed by atoms with Crippen molar-refractivity contribution in [1.29, 1.82) is 0 Å². The van der Waals surface area contributed by atoms with Crippen molar-refractivity contribution in [3.8, 4) is 0 Å². The minimum atomic E-state index is 0.0634. The van der Waals surface area contributed by atoms with Crippen LogP contribution in [0, 0.1) is 20.8 Å². The number of aryl methyl sites for hydroxylation is 3. The fraction of sp³-hybridized carbons (Fsp3) is 0.364. The third-order valence-corrected chi connectivity index (χ3v) is 5.60. The Bertz CT molecular complexity index is 1160. The molecule has 3 heterocycles. The summed E-state index contributed by atoms with van der Waals surface area (Å²) in [6, 6.07) is 8.80. The van der Waals surface area contributed by atoms with E-state index in [2.05, 4.69) is 82.1 Å². The lowest BCUT2D eigenvalue weighted by molar-refractivity contribution is -0.580. The SMILES string of the molecule is Cc1c(C)n(C)[n+]2c1c1cccc(C(C)(C)C)c1c1nccc(C)c12. The van der Waals surface area contributed by atoms with Gasteiger partial charge in [0, 0.05) is 22.7 Å². The van der Waals surface area contributed by atoms with Crippen LogP contribution in [0.3, 0.4) is 0 Å². The molecule has 25 heavy (non-hydrogen) atoms. The topological polar surface area (TPSA) is 21.9 Å². The van der Waals surface area contributed by atoms with Gasteiger partial charge in [-0.05, 0) is 43.9 Å². The average Bonchev–Trinajstić information content (AvgIpc) is 2.78.